The minimum absolute atomic E-state index is 0.0314. The Balaban J connectivity index is 0.000000360. The number of cyclic esters (lactones) is 2. The second-order valence-corrected chi connectivity index (χ2v) is 18.4. The first-order valence-corrected chi connectivity index (χ1v) is 23.1. The van der Waals surface area contributed by atoms with Gasteiger partial charge in [0.2, 0.25) is 12.2 Å². The van der Waals surface area contributed by atoms with Gasteiger partial charge >= 0.3 is 59.7 Å². The third-order valence-corrected chi connectivity index (χ3v) is 12.1. The molecule has 8 atom stereocenters. The van der Waals surface area contributed by atoms with E-state index >= 15 is 0 Å². The monoisotopic (exact) mass is 964 g/mol. The second-order valence-electron chi connectivity index (χ2n) is 18.4. The van der Waals surface area contributed by atoms with Crippen molar-refractivity contribution < 1.29 is 95.3 Å². The maximum atomic E-state index is 12.9. The van der Waals surface area contributed by atoms with Gasteiger partial charge in [0.1, 0.15) is 37.6 Å². The highest BCUT2D eigenvalue weighted by Crippen LogP contribution is 2.39. The minimum Gasteiger partial charge on any atom is -0.463 e. The molecule has 4 fully saturated rings. The second kappa shape index (κ2) is 26.1. The highest BCUT2D eigenvalue weighted by molar-refractivity contribution is 5.89. The van der Waals surface area contributed by atoms with E-state index in [0.29, 0.717) is 25.7 Å². The topological polar surface area (TPSA) is 263 Å². The number of carbonyl (C=O) groups is 10. The first-order chi connectivity index (χ1) is 31.9. The molecular weight excluding hydrogens is 897 g/mol. The molecule has 0 aromatic rings. The van der Waals surface area contributed by atoms with E-state index in [-0.39, 0.29) is 89.3 Å². The van der Waals surface area contributed by atoms with E-state index in [9.17, 15) is 47.9 Å². The van der Waals surface area contributed by atoms with E-state index in [0.717, 1.165) is 0 Å². The number of esters is 10. The lowest BCUT2D eigenvalue weighted by molar-refractivity contribution is -0.175. The van der Waals surface area contributed by atoms with Crippen molar-refractivity contribution in [1.82, 2.24) is 0 Å². The van der Waals surface area contributed by atoms with Crippen molar-refractivity contribution in [1.29, 1.82) is 0 Å². The Morgan fingerprint density at radius 3 is 1.19 bits per heavy atom. The van der Waals surface area contributed by atoms with E-state index < -0.39 is 119 Å². The van der Waals surface area contributed by atoms with Gasteiger partial charge in [-0.2, -0.15) is 0 Å². The summed E-state index contributed by atoms with van der Waals surface area (Å²) >= 11 is 0. The van der Waals surface area contributed by atoms with Crippen molar-refractivity contribution in [2.24, 2.45) is 35.5 Å². The van der Waals surface area contributed by atoms with Crippen molar-refractivity contribution in [2.75, 3.05) is 39.6 Å². The molecule has 20 nitrogen and oxygen atoms in total. The summed E-state index contributed by atoms with van der Waals surface area (Å²) in [6.07, 6.45) is 0.808. The summed E-state index contributed by atoms with van der Waals surface area (Å²) in [5.41, 5.74) is -0.879. The van der Waals surface area contributed by atoms with Gasteiger partial charge in [-0.3, -0.25) is 28.8 Å². The van der Waals surface area contributed by atoms with Crippen LogP contribution in [0.4, 0.5) is 0 Å². The molecule has 2 aliphatic heterocycles. The van der Waals surface area contributed by atoms with Crippen LogP contribution in [-0.4, -0.2) is 123 Å². The summed E-state index contributed by atoms with van der Waals surface area (Å²) < 4.78 is 51.7. The predicted octanol–water partition coefficient (Wildman–Crippen LogP) is 4.54. The Morgan fingerprint density at radius 2 is 0.838 bits per heavy atom. The Kier molecular flexibility index (Phi) is 21.7. The molecule has 0 bridgehead atoms. The molecule has 0 aromatic heterocycles. The Hall–Kier alpha value is -5.82. The van der Waals surface area contributed by atoms with Crippen LogP contribution in [0.15, 0.2) is 24.3 Å². The first-order valence-electron chi connectivity index (χ1n) is 23.1. The van der Waals surface area contributed by atoms with E-state index in [1.807, 2.05) is 13.8 Å². The molecular formula is C48H68O20. The van der Waals surface area contributed by atoms with Gasteiger partial charge in [-0.05, 0) is 92.9 Å². The molecule has 20 heteroatoms. The average molecular weight is 965 g/mol. The minimum atomic E-state index is -1.03. The molecule has 380 valence electrons. The lowest BCUT2D eigenvalue weighted by Crippen LogP contribution is -2.42. The molecule has 0 amide bonds. The molecule has 2 saturated heterocycles. The van der Waals surface area contributed by atoms with Gasteiger partial charge in [-0.1, -0.05) is 27.0 Å². The molecule has 8 unspecified atom stereocenters. The summed E-state index contributed by atoms with van der Waals surface area (Å²) in [6, 6.07) is 0. The van der Waals surface area contributed by atoms with Crippen LogP contribution in [0, 0.1) is 35.5 Å². The smallest absolute Gasteiger partial charge is 0.347 e. The highest BCUT2D eigenvalue weighted by Gasteiger charge is 2.47. The molecule has 2 aliphatic carbocycles. The highest BCUT2D eigenvalue weighted by atomic mass is 16.6. The fourth-order valence-corrected chi connectivity index (χ4v) is 7.35. The fourth-order valence-electron chi connectivity index (χ4n) is 7.35. The molecule has 2 saturated carbocycles. The van der Waals surface area contributed by atoms with Gasteiger partial charge in [0.15, 0.2) is 0 Å². The molecule has 0 spiro atoms. The SMILES string of the molecule is C=C(C)C(=O)OCCOC(=O)C1CC(C(=O)OC(C)(C)CC)CCC1C(=O)OC1CCOC1=O.C=C(C)C(=O)OCCOC(=O)C1CCC(C(=O)OC(C)(C)CC)CC1C(=O)OC1CCOC1=O. The van der Waals surface area contributed by atoms with Crippen molar-refractivity contribution in [3.05, 3.63) is 24.3 Å². The van der Waals surface area contributed by atoms with Crippen molar-refractivity contribution in [3.8, 4) is 0 Å². The zero-order valence-electron chi connectivity index (χ0n) is 40.5. The van der Waals surface area contributed by atoms with Gasteiger partial charge in [-0.15, -0.1) is 0 Å². The van der Waals surface area contributed by atoms with Gasteiger partial charge in [0, 0.05) is 24.0 Å². The quantitative estimate of drug-likeness (QED) is 0.0701. The Labute approximate surface area is 396 Å². The van der Waals surface area contributed by atoms with Crippen LogP contribution in [0.1, 0.15) is 120 Å². The van der Waals surface area contributed by atoms with Crippen LogP contribution in [0.25, 0.3) is 0 Å². The molecule has 4 rings (SSSR count). The maximum absolute atomic E-state index is 12.9. The van der Waals surface area contributed by atoms with Crippen LogP contribution in [0.3, 0.4) is 0 Å². The molecule has 2 heterocycles. The molecule has 0 N–H and O–H groups in total. The molecule has 4 aliphatic rings. The zero-order chi connectivity index (χ0) is 50.9. The van der Waals surface area contributed by atoms with E-state index in [1.165, 1.54) is 13.8 Å². The third kappa shape index (κ3) is 17.4. The summed E-state index contributed by atoms with van der Waals surface area (Å²) in [4.78, 5) is 123. The van der Waals surface area contributed by atoms with Crippen LogP contribution >= 0.6 is 0 Å². The summed E-state index contributed by atoms with van der Waals surface area (Å²) in [7, 11) is 0. The van der Waals surface area contributed by atoms with Crippen LogP contribution in [-0.2, 0) is 95.3 Å². The van der Waals surface area contributed by atoms with Crippen molar-refractivity contribution in [2.45, 2.75) is 143 Å². The van der Waals surface area contributed by atoms with Crippen LogP contribution in [0.5, 0.6) is 0 Å². The molecule has 0 aromatic carbocycles. The van der Waals surface area contributed by atoms with Gasteiger partial charge in [0.25, 0.3) is 0 Å². The fraction of sp³-hybridized carbons (Fsp3) is 0.708. The number of hydrogen-bond acceptors (Lipinski definition) is 20. The first kappa shape index (κ1) is 56.5. The summed E-state index contributed by atoms with van der Waals surface area (Å²) in [5, 5.41) is 0. The normalized spacial score (nSPS) is 24.5. The zero-order valence-corrected chi connectivity index (χ0v) is 40.5. The van der Waals surface area contributed by atoms with Gasteiger partial charge in [0.05, 0.1) is 48.7 Å². The number of hydrogen-bond donors (Lipinski definition) is 0. The molecule has 68 heavy (non-hydrogen) atoms. The Bertz CT molecular complexity index is 1900. The Morgan fingerprint density at radius 1 is 0.500 bits per heavy atom. The average Bonchev–Trinajstić information content (AvgIpc) is 3.90. The summed E-state index contributed by atoms with van der Waals surface area (Å²) in [6.45, 7) is 20.5. The number of rotatable bonds is 20. The largest absolute Gasteiger partial charge is 0.463 e. The van der Waals surface area contributed by atoms with Crippen molar-refractivity contribution in [3.63, 3.8) is 0 Å². The summed E-state index contributed by atoms with van der Waals surface area (Å²) in [5.74, 6) is -11.1. The molecule has 0 radical (unpaired) electrons. The predicted molar refractivity (Wildman–Crippen MR) is 234 cm³/mol. The number of ether oxygens (including phenoxy) is 10. The van der Waals surface area contributed by atoms with Crippen LogP contribution < -0.4 is 0 Å². The van der Waals surface area contributed by atoms with Crippen molar-refractivity contribution >= 4 is 59.7 Å². The van der Waals surface area contributed by atoms with Gasteiger partial charge in [-0.25, -0.2) is 19.2 Å². The van der Waals surface area contributed by atoms with E-state index in [4.69, 9.17) is 47.4 Å². The standard InChI is InChI=1S/2C24H34O10/c1-6-24(4,5)34-20(26)15-7-8-16(22(28)33-18-9-10-30-23(18)29)17(13-15)21(27)32-12-11-31-19(25)14(2)3;1-6-24(4,5)34-20(26)15-7-8-16(21(27)32-12-11-31-19(25)14(2)3)17(13-15)22(28)33-18-9-10-30-23(18)29/h2*15-18H,2,6-13H2,1,3-5H3. The lowest BCUT2D eigenvalue weighted by atomic mass is 9.74. The van der Waals surface area contributed by atoms with Crippen LogP contribution in [0.2, 0.25) is 0 Å². The number of carbonyl (C=O) groups excluding carboxylic acids is 10. The van der Waals surface area contributed by atoms with Gasteiger partial charge < -0.3 is 47.4 Å². The lowest BCUT2D eigenvalue weighted by Gasteiger charge is -2.34. The maximum Gasteiger partial charge on any atom is 0.347 e. The van der Waals surface area contributed by atoms with E-state index in [2.05, 4.69) is 13.2 Å². The van der Waals surface area contributed by atoms with E-state index in [1.54, 1.807) is 27.7 Å². The third-order valence-electron chi connectivity index (χ3n) is 12.1.